The minimum absolute atomic E-state index is 0.195. The van der Waals surface area contributed by atoms with Crippen LogP contribution < -0.4 is 4.74 Å². The van der Waals surface area contributed by atoms with E-state index in [1.165, 1.54) is 18.4 Å². The minimum Gasteiger partial charge on any atom is -0.427 e. The molecule has 2 aromatic carbocycles. The maximum absolute atomic E-state index is 11.6. The first-order valence-electron chi connectivity index (χ1n) is 9.02. The van der Waals surface area contributed by atoms with E-state index >= 15 is 0 Å². The summed E-state index contributed by atoms with van der Waals surface area (Å²) in [7, 11) is 0. The molecular weight excluding hydrogens is 312 g/mol. The van der Waals surface area contributed by atoms with Gasteiger partial charge in [-0.05, 0) is 61.2 Å². The van der Waals surface area contributed by atoms with Gasteiger partial charge in [-0.3, -0.25) is 4.79 Å². The number of aryl methyl sites for hydroxylation is 1. The first-order valence-corrected chi connectivity index (χ1v) is 9.02. The van der Waals surface area contributed by atoms with E-state index in [-0.39, 0.29) is 5.97 Å². The molecule has 0 N–H and O–H groups in total. The van der Waals surface area contributed by atoms with Gasteiger partial charge in [0.25, 0.3) is 0 Å². The highest BCUT2D eigenvalue weighted by Crippen LogP contribution is 2.22. The lowest BCUT2D eigenvalue weighted by molar-refractivity contribution is -0.134. The molecule has 2 aromatic rings. The van der Waals surface area contributed by atoms with Gasteiger partial charge in [0.05, 0.1) is 11.4 Å². The van der Waals surface area contributed by atoms with Crippen LogP contribution in [0.4, 0.5) is 11.4 Å². The predicted molar refractivity (Wildman–Crippen MR) is 101 cm³/mol. The van der Waals surface area contributed by atoms with Crippen LogP contribution in [0.2, 0.25) is 0 Å². The molecule has 25 heavy (non-hydrogen) atoms. The smallest absolute Gasteiger partial charge is 0.311 e. The van der Waals surface area contributed by atoms with E-state index in [9.17, 15) is 4.79 Å². The molecule has 0 aliphatic heterocycles. The van der Waals surface area contributed by atoms with Crippen molar-refractivity contribution in [2.75, 3.05) is 0 Å². The highest BCUT2D eigenvalue weighted by Gasteiger charge is 2.03. The van der Waals surface area contributed by atoms with E-state index in [0.29, 0.717) is 12.2 Å². The number of unbranched alkanes of at least 4 members (excludes halogenated alkanes) is 2. The first-order chi connectivity index (χ1) is 12.2. The summed E-state index contributed by atoms with van der Waals surface area (Å²) >= 11 is 0. The highest BCUT2D eigenvalue weighted by atomic mass is 16.5. The van der Waals surface area contributed by atoms with E-state index in [1.54, 1.807) is 24.3 Å². The van der Waals surface area contributed by atoms with Gasteiger partial charge in [-0.2, -0.15) is 10.2 Å². The molecule has 0 heterocycles. The lowest BCUT2D eigenvalue weighted by Gasteiger charge is -2.03. The van der Waals surface area contributed by atoms with Gasteiger partial charge in [0, 0.05) is 6.42 Å². The third-order valence-electron chi connectivity index (χ3n) is 3.84. The van der Waals surface area contributed by atoms with E-state index in [4.69, 9.17) is 4.74 Å². The van der Waals surface area contributed by atoms with E-state index in [1.807, 2.05) is 19.1 Å². The Hall–Kier alpha value is -2.49. The van der Waals surface area contributed by atoms with Crippen LogP contribution in [-0.2, 0) is 11.2 Å². The fraction of sp³-hybridized carbons (Fsp3) is 0.381. The summed E-state index contributed by atoms with van der Waals surface area (Å²) in [6.45, 7) is 4.24. The number of carbonyl (C=O) groups is 1. The zero-order valence-electron chi connectivity index (χ0n) is 15.1. The summed E-state index contributed by atoms with van der Waals surface area (Å²) in [6, 6.07) is 15.2. The fourth-order valence-electron chi connectivity index (χ4n) is 2.31. The summed E-state index contributed by atoms with van der Waals surface area (Å²) in [5.41, 5.74) is 2.88. The number of azo groups is 1. The monoisotopic (exact) mass is 338 g/mol. The third-order valence-corrected chi connectivity index (χ3v) is 3.84. The Bertz CT molecular complexity index is 676. The molecule has 0 bridgehead atoms. The Kier molecular flexibility index (Phi) is 7.83. The van der Waals surface area contributed by atoms with E-state index < -0.39 is 0 Å². The van der Waals surface area contributed by atoms with E-state index in [0.717, 1.165) is 30.6 Å². The van der Waals surface area contributed by atoms with Crippen LogP contribution in [0.25, 0.3) is 0 Å². The van der Waals surface area contributed by atoms with Gasteiger partial charge in [-0.1, -0.05) is 38.8 Å². The molecule has 0 saturated heterocycles. The minimum atomic E-state index is -0.195. The summed E-state index contributed by atoms with van der Waals surface area (Å²) in [4.78, 5) is 11.6. The summed E-state index contributed by atoms with van der Waals surface area (Å²) in [6.07, 6.45) is 5.79. The molecular formula is C21H26N2O2. The van der Waals surface area contributed by atoms with Crippen LogP contribution in [0.15, 0.2) is 58.8 Å². The number of benzene rings is 2. The molecule has 0 saturated carbocycles. The third kappa shape index (κ3) is 6.87. The molecule has 0 aliphatic rings. The normalized spacial score (nSPS) is 11.0. The largest absolute Gasteiger partial charge is 0.427 e. The van der Waals surface area contributed by atoms with Crippen LogP contribution in [-0.4, -0.2) is 5.97 Å². The number of esters is 1. The van der Waals surface area contributed by atoms with Gasteiger partial charge in [0.1, 0.15) is 5.75 Å². The Balaban J connectivity index is 1.89. The van der Waals surface area contributed by atoms with Gasteiger partial charge in [-0.15, -0.1) is 0 Å². The van der Waals surface area contributed by atoms with Crippen LogP contribution in [0.3, 0.4) is 0 Å². The Morgan fingerprint density at radius 3 is 1.96 bits per heavy atom. The van der Waals surface area contributed by atoms with Crippen LogP contribution in [0.5, 0.6) is 5.75 Å². The number of nitrogens with zero attached hydrogens (tertiary/aromatic N) is 2. The lowest BCUT2D eigenvalue weighted by atomic mass is 10.1. The van der Waals surface area contributed by atoms with Crippen molar-refractivity contribution in [1.82, 2.24) is 0 Å². The van der Waals surface area contributed by atoms with Gasteiger partial charge in [-0.25, -0.2) is 0 Å². The summed E-state index contributed by atoms with van der Waals surface area (Å²) < 4.78 is 5.27. The van der Waals surface area contributed by atoms with Crippen molar-refractivity contribution in [3.8, 4) is 5.75 Å². The van der Waals surface area contributed by atoms with Gasteiger partial charge in [0.15, 0.2) is 0 Å². The van der Waals surface area contributed by atoms with Crippen molar-refractivity contribution in [2.45, 2.75) is 52.4 Å². The molecule has 0 aromatic heterocycles. The predicted octanol–water partition coefficient (Wildman–Crippen LogP) is 6.54. The molecule has 0 spiro atoms. The molecule has 0 fully saturated rings. The maximum Gasteiger partial charge on any atom is 0.311 e. The number of hydrogen-bond donors (Lipinski definition) is 0. The summed E-state index contributed by atoms with van der Waals surface area (Å²) in [5, 5.41) is 8.47. The second kappa shape index (κ2) is 10.4. The zero-order valence-corrected chi connectivity index (χ0v) is 15.1. The first kappa shape index (κ1) is 18.8. The van der Waals surface area contributed by atoms with Crippen molar-refractivity contribution in [3.63, 3.8) is 0 Å². The number of carbonyl (C=O) groups excluding carboxylic acids is 1. The van der Waals surface area contributed by atoms with Crippen molar-refractivity contribution in [1.29, 1.82) is 0 Å². The van der Waals surface area contributed by atoms with Gasteiger partial charge < -0.3 is 4.74 Å². The molecule has 0 amide bonds. The van der Waals surface area contributed by atoms with Crippen LogP contribution >= 0.6 is 0 Å². The SMILES string of the molecule is CCCCC(=O)Oc1ccc(/N=N/c2ccc(CCCC)cc2)cc1. The van der Waals surface area contributed by atoms with E-state index in [2.05, 4.69) is 29.3 Å². The highest BCUT2D eigenvalue weighted by molar-refractivity contribution is 5.72. The Morgan fingerprint density at radius 2 is 1.40 bits per heavy atom. The van der Waals surface area contributed by atoms with Gasteiger partial charge >= 0.3 is 5.97 Å². The van der Waals surface area contributed by atoms with Crippen molar-refractivity contribution in [2.24, 2.45) is 10.2 Å². The average molecular weight is 338 g/mol. The average Bonchev–Trinajstić information content (AvgIpc) is 2.65. The standard InChI is InChI=1S/C21H26N2O2/c1-3-5-7-17-9-11-18(12-10-17)22-23-19-13-15-20(16-14-19)25-21(24)8-6-4-2/h9-16H,3-8H2,1-2H3/b23-22+. The summed E-state index contributed by atoms with van der Waals surface area (Å²) in [5.74, 6) is 0.347. The van der Waals surface area contributed by atoms with Crippen LogP contribution in [0.1, 0.15) is 51.5 Å². The number of rotatable bonds is 9. The molecule has 0 unspecified atom stereocenters. The molecule has 0 atom stereocenters. The Morgan fingerprint density at radius 1 is 0.840 bits per heavy atom. The topological polar surface area (TPSA) is 51.0 Å². The lowest BCUT2D eigenvalue weighted by Crippen LogP contribution is -2.06. The molecule has 4 nitrogen and oxygen atoms in total. The zero-order chi connectivity index (χ0) is 17.9. The van der Waals surface area contributed by atoms with Crippen molar-refractivity contribution < 1.29 is 9.53 Å². The fourth-order valence-corrected chi connectivity index (χ4v) is 2.31. The molecule has 132 valence electrons. The van der Waals surface area contributed by atoms with Gasteiger partial charge in [0.2, 0.25) is 0 Å². The molecule has 0 aliphatic carbocycles. The van der Waals surface area contributed by atoms with Crippen LogP contribution in [0, 0.1) is 0 Å². The molecule has 4 heteroatoms. The quantitative estimate of drug-likeness (QED) is 0.296. The number of hydrogen-bond acceptors (Lipinski definition) is 4. The molecule has 2 rings (SSSR count). The Labute approximate surface area is 149 Å². The molecule has 0 radical (unpaired) electrons. The van der Waals surface area contributed by atoms with Crippen molar-refractivity contribution >= 4 is 17.3 Å². The number of ether oxygens (including phenoxy) is 1. The second-order valence-corrected chi connectivity index (χ2v) is 6.04. The maximum atomic E-state index is 11.6. The van der Waals surface area contributed by atoms with Crippen molar-refractivity contribution in [3.05, 3.63) is 54.1 Å². The second-order valence-electron chi connectivity index (χ2n) is 6.04.